The Morgan fingerprint density at radius 1 is 1.29 bits per heavy atom. The van der Waals surface area contributed by atoms with E-state index in [2.05, 4.69) is 19.2 Å². The fourth-order valence-corrected chi connectivity index (χ4v) is 2.28. The predicted octanol–water partition coefficient (Wildman–Crippen LogP) is 2.44. The van der Waals surface area contributed by atoms with Crippen LogP contribution in [0.5, 0.6) is 0 Å². The van der Waals surface area contributed by atoms with Crippen molar-refractivity contribution in [1.29, 1.82) is 0 Å². The van der Waals surface area contributed by atoms with Crippen LogP contribution in [-0.4, -0.2) is 25.8 Å². The molecule has 0 aliphatic heterocycles. The first-order valence-corrected chi connectivity index (χ1v) is 6.05. The Bertz CT molecular complexity index is 149. The van der Waals surface area contributed by atoms with E-state index in [0.717, 1.165) is 37.6 Å². The van der Waals surface area contributed by atoms with E-state index in [0.29, 0.717) is 0 Å². The Morgan fingerprint density at radius 2 is 2.07 bits per heavy atom. The quantitative estimate of drug-likeness (QED) is 0.687. The number of rotatable bonds is 5. The van der Waals surface area contributed by atoms with Crippen molar-refractivity contribution in [3.05, 3.63) is 0 Å². The van der Waals surface area contributed by atoms with Gasteiger partial charge in [-0.3, -0.25) is 0 Å². The summed E-state index contributed by atoms with van der Waals surface area (Å²) in [5.41, 5.74) is 0. The van der Waals surface area contributed by atoms with Gasteiger partial charge in [-0.25, -0.2) is 0 Å². The van der Waals surface area contributed by atoms with Gasteiger partial charge in [-0.05, 0) is 31.6 Å². The lowest BCUT2D eigenvalue weighted by Crippen LogP contribution is -2.40. The van der Waals surface area contributed by atoms with Gasteiger partial charge >= 0.3 is 0 Å². The Morgan fingerprint density at radius 3 is 2.79 bits per heavy atom. The molecule has 3 atom stereocenters. The summed E-state index contributed by atoms with van der Waals surface area (Å²) in [5, 5.41) is 3.61. The van der Waals surface area contributed by atoms with Gasteiger partial charge in [0, 0.05) is 19.2 Å². The molecule has 1 rings (SSSR count). The summed E-state index contributed by atoms with van der Waals surface area (Å²) < 4.78 is 5.32. The van der Waals surface area contributed by atoms with E-state index >= 15 is 0 Å². The summed E-state index contributed by atoms with van der Waals surface area (Å²) >= 11 is 0. The summed E-state index contributed by atoms with van der Waals surface area (Å²) in [6.07, 6.45) is 4.13. The monoisotopic (exact) mass is 199 g/mol. The molecule has 0 aromatic carbocycles. The maximum absolute atomic E-state index is 5.32. The van der Waals surface area contributed by atoms with Crippen LogP contribution in [0.3, 0.4) is 0 Å². The lowest BCUT2D eigenvalue weighted by molar-refractivity contribution is 0.137. The zero-order valence-corrected chi connectivity index (χ0v) is 9.88. The van der Waals surface area contributed by atoms with Gasteiger partial charge in [-0.2, -0.15) is 0 Å². The SMILES string of the molecule is CCOCCNC1CC(C)CCC1C. The molecule has 14 heavy (non-hydrogen) atoms. The minimum Gasteiger partial charge on any atom is -0.380 e. The van der Waals surface area contributed by atoms with Crippen LogP contribution in [0.4, 0.5) is 0 Å². The number of nitrogens with one attached hydrogen (secondary N) is 1. The Kier molecular flexibility index (Phi) is 5.49. The second-order valence-corrected chi connectivity index (χ2v) is 4.65. The highest BCUT2D eigenvalue weighted by atomic mass is 16.5. The molecule has 0 aromatic heterocycles. The summed E-state index contributed by atoms with van der Waals surface area (Å²) in [4.78, 5) is 0. The molecule has 84 valence electrons. The second kappa shape index (κ2) is 6.41. The smallest absolute Gasteiger partial charge is 0.0590 e. The van der Waals surface area contributed by atoms with Gasteiger partial charge in [0.1, 0.15) is 0 Å². The van der Waals surface area contributed by atoms with E-state index in [9.17, 15) is 0 Å². The zero-order chi connectivity index (χ0) is 10.4. The van der Waals surface area contributed by atoms with Crippen molar-refractivity contribution in [1.82, 2.24) is 5.32 Å². The van der Waals surface area contributed by atoms with E-state index in [4.69, 9.17) is 4.74 Å². The third-order valence-electron chi connectivity index (χ3n) is 3.32. The Balaban J connectivity index is 2.14. The highest BCUT2D eigenvalue weighted by molar-refractivity contribution is 4.80. The maximum atomic E-state index is 5.32. The summed E-state index contributed by atoms with van der Waals surface area (Å²) in [5.74, 6) is 1.74. The van der Waals surface area contributed by atoms with Crippen LogP contribution in [0.2, 0.25) is 0 Å². The van der Waals surface area contributed by atoms with Crippen LogP contribution in [0.15, 0.2) is 0 Å². The lowest BCUT2D eigenvalue weighted by Gasteiger charge is -2.33. The third-order valence-corrected chi connectivity index (χ3v) is 3.32. The highest BCUT2D eigenvalue weighted by Gasteiger charge is 2.24. The van der Waals surface area contributed by atoms with Crippen molar-refractivity contribution in [2.75, 3.05) is 19.8 Å². The molecule has 0 spiro atoms. The minimum absolute atomic E-state index is 0.721. The standard InChI is InChI=1S/C12H25NO/c1-4-14-8-7-13-12-9-10(2)5-6-11(12)3/h10-13H,4-9H2,1-3H3. The number of hydrogen-bond acceptors (Lipinski definition) is 2. The van der Waals surface area contributed by atoms with Gasteiger partial charge in [-0.1, -0.05) is 20.3 Å². The second-order valence-electron chi connectivity index (χ2n) is 4.65. The Hall–Kier alpha value is -0.0800. The molecule has 0 amide bonds. The molecule has 1 N–H and O–H groups in total. The molecule has 1 aliphatic carbocycles. The molecule has 2 heteroatoms. The molecule has 1 aliphatic rings. The van der Waals surface area contributed by atoms with Crippen molar-refractivity contribution < 1.29 is 4.74 Å². The molecule has 3 unspecified atom stereocenters. The molecule has 0 bridgehead atoms. The summed E-state index contributed by atoms with van der Waals surface area (Å²) in [7, 11) is 0. The van der Waals surface area contributed by atoms with Gasteiger partial charge in [0.15, 0.2) is 0 Å². The molecule has 0 heterocycles. The average Bonchev–Trinajstić information content (AvgIpc) is 2.18. The van der Waals surface area contributed by atoms with Gasteiger partial charge in [0.2, 0.25) is 0 Å². The largest absolute Gasteiger partial charge is 0.380 e. The van der Waals surface area contributed by atoms with Crippen molar-refractivity contribution in [3.8, 4) is 0 Å². The van der Waals surface area contributed by atoms with Crippen molar-refractivity contribution in [3.63, 3.8) is 0 Å². The van der Waals surface area contributed by atoms with Crippen LogP contribution < -0.4 is 5.32 Å². The van der Waals surface area contributed by atoms with Crippen molar-refractivity contribution in [2.24, 2.45) is 11.8 Å². The highest BCUT2D eigenvalue weighted by Crippen LogP contribution is 2.28. The first kappa shape index (κ1) is 12.0. The summed E-state index contributed by atoms with van der Waals surface area (Å²) in [6, 6.07) is 0.721. The van der Waals surface area contributed by atoms with E-state index in [1.54, 1.807) is 0 Å². The minimum atomic E-state index is 0.721. The molecule has 1 saturated carbocycles. The average molecular weight is 199 g/mol. The van der Waals surface area contributed by atoms with Crippen molar-refractivity contribution >= 4 is 0 Å². The van der Waals surface area contributed by atoms with Gasteiger partial charge in [-0.15, -0.1) is 0 Å². The number of hydrogen-bond donors (Lipinski definition) is 1. The topological polar surface area (TPSA) is 21.3 Å². The fourth-order valence-electron chi connectivity index (χ4n) is 2.28. The van der Waals surface area contributed by atoms with Gasteiger partial charge in [0.25, 0.3) is 0 Å². The normalized spacial score (nSPS) is 33.2. The molecule has 0 radical (unpaired) electrons. The van der Waals surface area contributed by atoms with Crippen LogP contribution in [0.25, 0.3) is 0 Å². The first-order chi connectivity index (χ1) is 6.74. The predicted molar refractivity (Wildman–Crippen MR) is 60.5 cm³/mol. The van der Waals surface area contributed by atoms with Crippen LogP contribution >= 0.6 is 0 Å². The van der Waals surface area contributed by atoms with E-state index < -0.39 is 0 Å². The van der Waals surface area contributed by atoms with Crippen LogP contribution in [0, 0.1) is 11.8 Å². The molecule has 0 saturated heterocycles. The molecule has 0 aromatic rings. The first-order valence-electron chi connectivity index (χ1n) is 6.05. The molecule has 2 nitrogen and oxygen atoms in total. The zero-order valence-electron chi connectivity index (χ0n) is 9.88. The molecule has 1 fully saturated rings. The lowest BCUT2D eigenvalue weighted by atomic mass is 9.80. The molecular weight excluding hydrogens is 174 g/mol. The van der Waals surface area contributed by atoms with Crippen LogP contribution in [0.1, 0.15) is 40.0 Å². The number of ether oxygens (including phenoxy) is 1. The maximum Gasteiger partial charge on any atom is 0.0590 e. The summed E-state index contributed by atoms with van der Waals surface area (Å²) in [6.45, 7) is 9.47. The van der Waals surface area contributed by atoms with E-state index in [1.807, 2.05) is 6.92 Å². The van der Waals surface area contributed by atoms with Gasteiger partial charge < -0.3 is 10.1 Å². The van der Waals surface area contributed by atoms with Gasteiger partial charge in [0.05, 0.1) is 6.61 Å². The van der Waals surface area contributed by atoms with Crippen LogP contribution in [-0.2, 0) is 4.74 Å². The Labute approximate surface area is 88.4 Å². The fraction of sp³-hybridized carbons (Fsp3) is 1.00. The molecular formula is C12H25NO. The van der Waals surface area contributed by atoms with E-state index in [1.165, 1.54) is 19.3 Å². The third kappa shape index (κ3) is 3.97. The van der Waals surface area contributed by atoms with E-state index in [-0.39, 0.29) is 0 Å². The van der Waals surface area contributed by atoms with Crippen molar-refractivity contribution in [2.45, 2.75) is 46.1 Å².